The number of nitrogens with one attached hydrogen (secondary N) is 1. The maximum Gasteiger partial charge on any atom is 0.287 e. The quantitative estimate of drug-likeness (QED) is 0.580. The van der Waals surface area contributed by atoms with Crippen LogP contribution in [-0.4, -0.2) is 26.9 Å². The van der Waals surface area contributed by atoms with Crippen LogP contribution in [0.25, 0.3) is 10.2 Å². The van der Waals surface area contributed by atoms with E-state index in [9.17, 15) is 14.9 Å². The van der Waals surface area contributed by atoms with E-state index >= 15 is 0 Å². The van der Waals surface area contributed by atoms with Crippen LogP contribution in [0.5, 0.6) is 0 Å². The monoisotopic (exact) mass is 331 g/mol. The lowest BCUT2D eigenvalue weighted by atomic mass is 10.2. The summed E-state index contributed by atoms with van der Waals surface area (Å²) in [7, 11) is 1.79. The smallest absolute Gasteiger partial charge is 0.287 e. The summed E-state index contributed by atoms with van der Waals surface area (Å²) in [6, 6.07) is 3.27. The number of nitro groups is 1. The third-order valence-corrected chi connectivity index (χ3v) is 4.26. The lowest BCUT2D eigenvalue weighted by Gasteiger charge is -2.19. The number of hydrogen-bond donors (Lipinski definition) is 1. The van der Waals surface area contributed by atoms with Crippen molar-refractivity contribution in [3.8, 4) is 0 Å². The highest BCUT2D eigenvalue weighted by atomic mass is 32.1. The van der Waals surface area contributed by atoms with Crippen molar-refractivity contribution in [3.63, 3.8) is 0 Å². The Morgan fingerprint density at radius 3 is 2.96 bits per heavy atom. The Hall–Kier alpha value is -2.81. The van der Waals surface area contributed by atoms with Crippen molar-refractivity contribution in [2.75, 3.05) is 11.9 Å². The molecule has 3 aromatic rings. The van der Waals surface area contributed by atoms with Gasteiger partial charge < -0.3 is 9.88 Å². The Balaban J connectivity index is 1.89. The van der Waals surface area contributed by atoms with Crippen molar-refractivity contribution in [1.29, 1.82) is 0 Å². The molecule has 23 heavy (non-hydrogen) atoms. The number of fused-ring (bicyclic) bond motifs is 1. The fraction of sp³-hybridized carbons (Fsp3) is 0.214. The minimum atomic E-state index is -0.479. The minimum Gasteiger partial charge on any atom is -0.352 e. The van der Waals surface area contributed by atoms with Crippen molar-refractivity contribution in [2.24, 2.45) is 0 Å². The SMILES string of the molecule is Cc1cc([N+](=O)[O-])cnc1N(C)Cc1nc2ccsc2c(=O)[nH]1. The summed E-state index contributed by atoms with van der Waals surface area (Å²) in [4.78, 5) is 35.3. The number of pyridine rings is 1. The van der Waals surface area contributed by atoms with Crippen molar-refractivity contribution >= 4 is 33.1 Å². The van der Waals surface area contributed by atoms with Gasteiger partial charge in [0, 0.05) is 13.1 Å². The van der Waals surface area contributed by atoms with Gasteiger partial charge in [0.15, 0.2) is 0 Å². The van der Waals surface area contributed by atoms with E-state index in [1.54, 1.807) is 24.9 Å². The Bertz CT molecular complexity index is 949. The molecule has 0 atom stereocenters. The topological polar surface area (TPSA) is 105 Å². The van der Waals surface area contributed by atoms with E-state index in [4.69, 9.17) is 0 Å². The fourth-order valence-corrected chi connectivity index (χ4v) is 3.07. The normalized spacial score (nSPS) is 10.9. The number of thiophene rings is 1. The predicted molar refractivity (Wildman–Crippen MR) is 88.0 cm³/mol. The van der Waals surface area contributed by atoms with Gasteiger partial charge in [0.25, 0.3) is 11.2 Å². The van der Waals surface area contributed by atoms with Crippen molar-refractivity contribution < 1.29 is 4.92 Å². The molecule has 0 aliphatic rings. The number of aryl methyl sites for hydroxylation is 1. The first-order valence-electron chi connectivity index (χ1n) is 6.74. The predicted octanol–water partition coefficient (Wildman–Crippen LogP) is 2.23. The lowest BCUT2D eigenvalue weighted by Crippen LogP contribution is -2.22. The molecule has 3 rings (SSSR count). The van der Waals surface area contributed by atoms with Gasteiger partial charge in [-0.25, -0.2) is 9.97 Å². The lowest BCUT2D eigenvalue weighted by molar-refractivity contribution is -0.385. The largest absolute Gasteiger partial charge is 0.352 e. The average Bonchev–Trinajstić information content (AvgIpc) is 2.95. The Morgan fingerprint density at radius 1 is 1.48 bits per heavy atom. The van der Waals surface area contributed by atoms with Gasteiger partial charge in [-0.3, -0.25) is 14.9 Å². The van der Waals surface area contributed by atoms with Crippen molar-refractivity contribution in [1.82, 2.24) is 15.0 Å². The molecule has 3 heterocycles. The maximum absolute atomic E-state index is 12.0. The summed E-state index contributed by atoms with van der Waals surface area (Å²) < 4.78 is 0.598. The van der Waals surface area contributed by atoms with E-state index in [1.165, 1.54) is 23.6 Å². The molecule has 3 aromatic heterocycles. The van der Waals surface area contributed by atoms with Gasteiger partial charge in [-0.15, -0.1) is 11.3 Å². The number of aromatic amines is 1. The molecule has 0 bridgehead atoms. The van der Waals surface area contributed by atoms with Crippen LogP contribution in [0.1, 0.15) is 11.4 Å². The summed E-state index contributed by atoms with van der Waals surface area (Å²) >= 11 is 1.35. The van der Waals surface area contributed by atoms with Gasteiger partial charge in [-0.05, 0) is 23.9 Å². The van der Waals surface area contributed by atoms with Gasteiger partial charge in [0.2, 0.25) is 0 Å². The summed E-state index contributed by atoms with van der Waals surface area (Å²) in [5.41, 5.74) is 1.13. The molecule has 0 saturated heterocycles. The molecule has 1 N–H and O–H groups in total. The summed E-state index contributed by atoms with van der Waals surface area (Å²) in [5, 5.41) is 12.6. The van der Waals surface area contributed by atoms with Crippen LogP contribution in [0.15, 0.2) is 28.5 Å². The Morgan fingerprint density at radius 2 is 2.26 bits per heavy atom. The van der Waals surface area contributed by atoms with Crippen molar-refractivity contribution in [2.45, 2.75) is 13.5 Å². The van der Waals surface area contributed by atoms with Crippen LogP contribution in [0.3, 0.4) is 0 Å². The van der Waals surface area contributed by atoms with Gasteiger partial charge in [-0.2, -0.15) is 0 Å². The average molecular weight is 331 g/mol. The summed E-state index contributed by atoms with van der Waals surface area (Å²) in [6.07, 6.45) is 1.22. The van der Waals surface area contributed by atoms with Crippen LogP contribution < -0.4 is 10.5 Å². The van der Waals surface area contributed by atoms with Crippen LogP contribution in [-0.2, 0) is 6.54 Å². The van der Waals surface area contributed by atoms with E-state index in [2.05, 4.69) is 15.0 Å². The third-order valence-electron chi connectivity index (χ3n) is 3.36. The fourth-order valence-electron chi connectivity index (χ4n) is 2.35. The van der Waals surface area contributed by atoms with E-state index < -0.39 is 4.92 Å². The molecule has 0 spiro atoms. The molecule has 0 radical (unpaired) electrons. The molecule has 8 nitrogen and oxygen atoms in total. The van der Waals surface area contributed by atoms with Gasteiger partial charge >= 0.3 is 0 Å². The molecule has 0 amide bonds. The highest BCUT2D eigenvalue weighted by Crippen LogP contribution is 2.22. The third kappa shape index (κ3) is 2.90. The molecular formula is C14H13N5O3S. The molecule has 0 fully saturated rings. The summed E-state index contributed by atoms with van der Waals surface area (Å²) in [6.45, 7) is 2.09. The van der Waals surface area contributed by atoms with E-state index in [1.807, 2.05) is 5.38 Å². The molecular weight excluding hydrogens is 318 g/mol. The molecule has 0 aliphatic carbocycles. The molecule has 0 unspecified atom stereocenters. The number of rotatable bonds is 4. The first-order valence-corrected chi connectivity index (χ1v) is 7.62. The van der Waals surface area contributed by atoms with Crippen LogP contribution in [0.2, 0.25) is 0 Å². The first-order chi connectivity index (χ1) is 11.0. The molecule has 9 heteroatoms. The first kappa shape index (κ1) is 15.1. The molecule has 0 saturated carbocycles. The highest BCUT2D eigenvalue weighted by molar-refractivity contribution is 7.17. The summed E-state index contributed by atoms with van der Waals surface area (Å²) in [5.74, 6) is 1.12. The van der Waals surface area contributed by atoms with Crippen LogP contribution in [0, 0.1) is 17.0 Å². The van der Waals surface area contributed by atoms with E-state index in [0.717, 1.165) is 0 Å². The van der Waals surface area contributed by atoms with Crippen molar-refractivity contribution in [3.05, 3.63) is 55.6 Å². The van der Waals surface area contributed by atoms with Gasteiger partial charge in [0.05, 0.1) is 17.0 Å². The molecule has 0 aliphatic heterocycles. The zero-order valence-electron chi connectivity index (χ0n) is 12.4. The maximum atomic E-state index is 12.0. The number of nitrogens with zero attached hydrogens (tertiary/aromatic N) is 4. The second-order valence-electron chi connectivity index (χ2n) is 5.09. The molecule has 118 valence electrons. The second-order valence-corrected chi connectivity index (χ2v) is 6.01. The number of anilines is 1. The highest BCUT2D eigenvalue weighted by Gasteiger charge is 2.14. The number of hydrogen-bond acceptors (Lipinski definition) is 7. The van der Waals surface area contributed by atoms with Crippen LogP contribution in [0.4, 0.5) is 11.5 Å². The van der Waals surface area contributed by atoms with E-state index in [-0.39, 0.29) is 11.2 Å². The zero-order chi connectivity index (χ0) is 16.6. The second kappa shape index (κ2) is 5.76. The van der Waals surface area contributed by atoms with Gasteiger partial charge in [-0.1, -0.05) is 0 Å². The van der Waals surface area contributed by atoms with Crippen LogP contribution >= 0.6 is 11.3 Å². The number of aromatic nitrogens is 3. The van der Waals surface area contributed by atoms with Gasteiger partial charge in [0.1, 0.15) is 22.5 Å². The Labute approximate surface area is 134 Å². The van der Waals surface area contributed by atoms with E-state index in [0.29, 0.717) is 34.0 Å². The zero-order valence-corrected chi connectivity index (χ0v) is 13.3. The minimum absolute atomic E-state index is 0.0501. The Kier molecular flexibility index (Phi) is 3.78. The number of H-pyrrole nitrogens is 1. The molecule has 0 aromatic carbocycles. The standard InChI is InChI=1S/C14H13N5O3S/c1-8-5-9(19(21)22)6-15-13(8)18(2)7-11-16-10-3-4-23-12(10)14(20)17-11/h3-6H,7H2,1-2H3,(H,16,17,20).